The van der Waals surface area contributed by atoms with E-state index in [2.05, 4.69) is 0 Å². The molecule has 25 heavy (non-hydrogen) atoms. The van der Waals surface area contributed by atoms with Crippen LogP contribution in [0, 0.1) is 0 Å². The van der Waals surface area contributed by atoms with Crippen molar-refractivity contribution in [2.75, 3.05) is 5.75 Å². The number of carboxylic acids is 2. The van der Waals surface area contributed by atoms with Crippen LogP contribution in [0.4, 0.5) is 0 Å². The van der Waals surface area contributed by atoms with Crippen LogP contribution in [0.1, 0.15) is 12.5 Å². The number of nitrogens with two attached hydrogens (primary N) is 2. The molecule has 0 fully saturated rings. The highest BCUT2D eigenvalue weighted by Gasteiger charge is 2.29. The maximum Gasteiger partial charge on any atom is 0.335 e. The Kier molecular flexibility index (Phi) is 9.76. The van der Waals surface area contributed by atoms with Gasteiger partial charge < -0.3 is 31.9 Å². The van der Waals surface area contributed by atoms with Gasteiger partial charge in [-0.1, -0.05) is 30.3 Å². The van der Waals surface area contributed by atoms with Crippen LogP contribution in [0.25, 0.3) is 0 Å². The molecule has 1 aromatic carbocycles. The maximum atomic E-state index is 10.9. The van der Waals surface area contributed by atoms with Gasteiger partial charge in [-0.05, 0) is 12.5 Å². The van der Waals surface area contributed by atoms with E-state index in [9.17, 15) is 14.4 Å². The second-order valence-corrected chi connectivity index (χ2v) is 6.31. The highest BCUT2D eigenvalue weighted by atomic mass is 32.2. The fourth-order valence-electron chi connectivity index (χ4n) is 1.30. The van der Waals surface area contributed by atoms with Crippen LogP contribution >= 0.6 is 11.8 Å². The quantitative estimate of drug-likeness (QED) is 0.332. The van der Waals surface area contributed by atoms with Gasteiger partial charge in [0, 0.05) is 11.5 Å². The van der Waals surface area contributed by atoms with Gasteiger partial charge in [0.1, 0.15) is 5.54 Å². The first-order chi connectivity index (χ1) is 11.5. The van der Waals surface area contributed by atoms with Crippen molar-refractivity contribution in [1.29, 1.82) is 0 Å². The average molecular weight is 374 g/mol. The second-order valence-electron chi connectivity index (χ2n) is 5.33. The average Bonchev–Trinajstić information content (AvgIpc) is 2.54. The molecule has 0 radical (unpaired) electrons. The van der Waals surface area contributed by atoms with Gasteiger partial charge in [0.05, 0.1) is 0 Å². The molecule has 0 aromatic heterocycles. The number of hydrogen-bond acceptors (Lipinski definition) is 7. The number of thioether (sulfide) groups is 1. The first kappa shape index (κ1) is 22.9. The Hall–Kier alpha value is -2.14. The zero-order chi connectivity index (χ0) is 19.6. The summed E-state index contributed by atoms with van der Waals surface area (Å²) in [4.78, 5) is 30.5. The Morgan fingerprint density at radius 2 is 1.52 bits per heavy atom. The van der Waals surface area contributed by atoms with Crippen molar-refractivity contribution in [1.82, 2.24) is 0 Å². The molecule has 0 aliphatic rings. The van der Waals surface area contributed by atoms with Gasteiger partial charge >= 0.3 is 11.9 Å². The summed E-state index contributed by atoms with van der Waals surface area (Å²) in [6.45, 7) is 1.66. The molecule has 0 saturated carbocycles. The maximum absolute atomic E-state index is 10.9. The second kappa shape index (κ2) is 10.7. The lowest BCUT2D eigenvalue weighted by Gasteiger charge is -2.19. The normalized spacial score (nSPS) is 15.0. The Balaban J connectivity index is 0.000000504. The number of aliphatic carboxylic acids is 2. The fraction of sp³-hybridized carbons (Fsp3) is 0.400. The Morgan fingerprint density at radius 3 is 1.88 bits per heavy atom. The van der Waals surface area contributed by atoms with E-state index in [4.69, 9.17) is 31.9 Å². The molecule has 0 spiro atoms. The molecular formula is C15H22N2O7S. The monoisotopic (exact) mass is 374 g/mol. The number of aliphatic hydroxyl groups is 2. The number of primary amides is 1. The van der Waals surface area contributed by atoms with Crippen molar-refractivity contribution < 1.29 is 34.8 Å². The number of carbonyl (C=O) groups is 3. The lowest BCUT2D eigenvalue weighted by molar-refractivity contribution is -0.165. The molecule has 3 atom stereocenters. The van der Waals surface area contributed by atoms with Gasteiger partial charge in [-0.15, -0.1) is 0 Å². The van der Waals surface area contributed by atoms with Crippen molar-refractivity contribution in [3.8, 4) is 0 Å². The van der Waals surface area contributed by atoms with E-state index in [0.717, 1.165) is 5.75 Å². The molecule has 0 heterocycles. The van der Waals surface area contributed by atoms with Gasteiger partial charge in [-0.2, -0.15) is 11.8 Å². The minimum absolute atomic E-state index is 0.455. The molecule has 0 aliphatic heterocycles. The summed E-state index contributed by atoms with van der Waals surface area (Å²) in [6.07, 6.45) is -4.53. The number of carboxylic acid groups (broad SMARTS) is 2. The molecule has 2 unspecified atom stereocenters. The van der Waals surface area contributed by atoms with Crippen LogP contribution in [0.15, 0.2) is 30.3 Å². The molecule has 0 aliphatic carbocycles. The summed E-state index contributed by atoms with van der Waals surface area (Å²) < 4.78 is 0. The van der Waals surface area contributed by atoms with Crippen LogP contribution in [0.5, 0.6) is 0 Å². The standard InChI is InChI=1S/C11H16N2OS.C4H6O6/c1-11(13,10(12)14)8-15-7-9-5-3-2-4-6-9;5-1(3(7)8)2(6)4(9)10/h2-6H,7-8,13H2,1H3,(H2,12,14);1-2,5-6H,(H,7,8)(H,9,10)/t11-;/m1./s1. The molecule has 1 amide bonds. The van der Waals surface area contributed by atoms with Crippen LogP contribution < -0.4 is 11.5 Å². The van der Waals surface area contributed by atoms with Crippen LogP contribution in [0.2, 0.25) is 0 Å². The third-order valence-electron chi connectivity index (χ3n) is 2.88. The smallest absolute Gasteiger partial charge is 0.335 e. The number of hydrogen-bond donors (Lipinski definition) is 6. The highest BCUT2D eigenvalue weighted by Crippen LogP contribution is 2.16. The summed E-state index contributed by atoms with van der Waals surface area (Å²) in [5.74, 6) is -2.61. The lowest BCUT2D eigenvalue weighted by Crippen LogP contribution is -2.51. The van der Waals surface area contributed by atoms with E-state index >= 15 is 0 Å². The van der Waals surface area contributed by atoms with Gasteiger partial charge in [0.2, 0.25) is 5.91 Å². The first-order valence-corrected chi connectivity index (χ1v) is 8.16. The minimum atomic E-state index is -2.27. The number of aliphatic hydroxyl groups excluding tert-OH is 2. The van der Waals surface area contributed by atoms with E-state index in [1.54, 1.807) is 18.7 Å². The van der Waals surface area contributed by atoms with Crippen LogP contribution in [-0.4, -0.2) is 61.8 Å². The first-order valence-electron chi connectivity index (χ1n) is 7.01. The highest BCUT2D eigenvalue weighted by molar-refractivity contribution is 7.98. The Bertz CT molecular complexity index is 563. The fourth-order valence-corrected chi connectivity index (χ4v) is 2.39. The number of amides is 1. The van der Waals surface area contributed by atoms with Gasteiger partial charge in [0.15, 0.2) is 12.2 Å². The van der Waals surface area contributed by atoms with Crippen molar-refractivity contribution in [3.05, 3.63) is 35.9 Å². The van der Waals surface area contributed by atoms with E-state index < -0.39 is 35.6 Å². The summed E-state index contributed by atoms with van der Waals surface area (Å²) in [6, 6.07) is 10.1. The third-order valence-corrected chi connectivity index (χ3v) is 4.22. The topological polar surface area (TPSA) is 184 Å². The van der Waals surface area contributed by atoms with Gasteiger partial charge in [0.25, 0.3) is 0 Å². The van der Waals surface area contributed by atoms with Gasteiger partial charge in [-0.25, -0.2) is 9.59 Å². The molecule has 0 saturated heterocycles. The van der Waals surface area contributed by atoms with Gasteiger partial charge in [-0.3, -0.25) is 4.79 Å². The third kappa shape index (κ3) is 9.05. The largest absolute Gasteiger partial charge is 0.479 e. The van der Waals surface area contributed by atoms with Crippen molar-refractivity contribution in [2.24, 2.45) is 11.5 Å². The van der Waals surface area contributed by atoms with Crippen molar-refractivity contribution >= 4 is 29.6 Å². The molecule has 1 rings (SSSR count). The van der Waals surface area contributed by atoms with Crippen LogP contribution in [-0.2, 0) is 20.1 Å². The zero-order valence-corrected chi connectivity index (χ0v) is 14.3. The minimum Gasteiger partial charge on any atom is -0.479 e. The molecule has 8 N–H and O–H groups in total. The number of rotatable bonds is 8. The molecule has 1 aromatic rings. The summed E-state index contributed by atoms with van der Waals surface area (Å²) >= 11 is 1.62. The summed E-state index contributed by atoms with van der Waals surface area (Å²) in [7, 11) is 0. The number of carbonyl (C=O) groups excluding carboxylic acids is 1. The van der Waals surface area contributed by atoms with E-state index in [0.29, 0.717) is 5.75 Å². The van der Waals surface area contributed by atoms with Crippen molar-refractivity contribution in [3.63, 3.8) is 0 Å². The molecule has 140 valence electrons. The lowest BCUT2D eigenvalue weighted by atomic mass is 10.1. The van der Waals surface area contributed by atoms with E-state index in [1.807, 2.05) is 30.3 Å². The van der Waals surface area contributed by atoms with Crippen LogP contribution in [0.3, 0.4) is 0 Å². The van der Waals surface area contributed by atoms with E-state index in [-0.39, 0.29) is 0 Å². The molecule has 9 nitrogen and oxygen atoms in total. The number of benzene rings is 1. The SMILES string of the molecule is C[C@@](N)(CSCc1ccccc1)C(N)=O.O=C(O)C(O)C(O)C(=O)O. The molecule has 0 bridgehead atoms. The summed E-state index contributed by atoms with van der Waals surface area (Å²) in [5, 5.41) is 32.5. The Labute approximate surface area is 148 Å². The Morgan fingerprint density at radius 1 is 1.08 bits per heavy atom. The predicted molar refractivity (Wildman–Crippen MR) is 91.7 cm³/mol. The summed E-state index contributed by atoms with van der Waals surface area (Å²) in [5.41, 5.74) is 11.2. The molecular weight excluding hydrogens is 352 g/mol. The zero-order valence-electron chi connectivity index (χ0n) is 13.5. The van der Waals surface area contributed by atoms with Crippen molar-refractivity contribution in [2.45, 2.75) is 30.4 Å². The van der Waals surface area contributed by atoms with E-state index in [1.165, 1.54) is 5.56 Å². The molecule has 10 heteroatoms. The predicted octanol–water partition coefficient (Wildman–Crippen LogP) is -1.00.